The second-order valence-corrected chi connectivity index (χ2v) is 10.1. The summed E-state index contributed by atoms with van der Waals surface area (Å²) in [6.07, 6.45) is 2.43. The van der Waals surface area contributed by atoms with Gasteiger partial charge in [-0.05, 0) is 87.1 Å². The van der Waals surface area contributed by atoms with E-state index in [1.807, 2.05) is 23.1 Å². The van der Waals surface area contributed by atoms with Gasteiger partial charge in [0.15, 0.2) is 0 Å². The molecule has 5 heteroatoms. The van der Waals surface area contributed by atoms with E-state index in [4.69, 9.17) is 9.72 Å². The van der Waals surface area contributed by atoms with E-state index in [-0.39, 0.29) is 11.8 Å². The number of unbranched alkanes of at least 4 members (excludes halogenated alkanes) is 1. The lowest BCUT2D eigenvalue weighted by atomic mass is 10.1. The van der Waals surface area contributed by atoms with E-state index in [2.05, 4.69) is 74.7 Å². The lowest BCUT2D eigenvalue weighted by Crippen LogP contribution is -2.25. The van der Waals surface area contributed by atoms with E-state index < -0.39 is 0 Å². The predicted octanol–water partition coefficient (Wildman–Crippen LogP) is 6.65. The lowest BCUT2D eigenvalue weighted by molar-refractivity contribution is -0.117. The first kappa shape index (κ1) is 24.1. The number of carbonyl (C=O) groups is 1. The molecule has 1 atom stereocenters. The van der Waals surface area contributed by atoms with Crippen LogP contribution in [0.15, 0.2) is 60.7 Å². The van der Waals surface area contributed by atoms with Crippen LogP contribution in [0, 0.1) is 27.7 Å². The first-order valence-corrected chi connectivity index (χ1v) is 12.9. The third-order valence-corrected chi connectivity index (χ3v) is 7.42. The number of carbonyl (C=O) groups excluding carboxylic acids is 1. The minimum atomic E-state index is 0.0796. The molecule has 1 saturated heterocycles. The Bertz CT molecular complexity index is 1400. The fraction of sp³-hybridized carbons (Fsp3) is 0.355. The van der Waals surface area contributed by atoms with Crippen LogP contribution in [0.1, 0.15) is 53.3 Å². The van der Waals surface area contributed by atoms with Gasteiger partial charge in [0.05, 0.1) is 17.6 Å². The van der Waals surface area contributed by atoms with Crippen LogP contribution in [-0.2, 0) is 11.3 Å². The molecular formula is C31H35N3O2. The molecule has 1 aromatic heterocycles. The number of benzene rings is 3. The quantitative estimate of drug-likeness (QED) is 0.265. The highest BCUT2D eigenvalue weighted by Crippen LogP contribution is 2.35. The smallest absolute Gasteiger partial charge is 0.227 e. The minimum Gasteiger partial charge on any atom is -0.493 e. The number of aromatic nitrogens is 2. The number of hydrogen-bond acceptors (Lipinski definition) is 3. The molecule has 0 radical (unpaired) electrons. The van der Waals surface area contributed by atoms with Crippen LogP contribution in [0.3, 0.4) is 0 Å². The van der Waals surface area contributed by atoms with Crippen molar-refractivity contribution < 1.29 is 9.53 Å². The average Bonchev–Trinajstić information content (AvgIpc) is 3.43. The molecule has 5 nitrogen and oxygen atoms in total. The zero-order chi connectivity index (χ0) is 25.2. The van der Waals surface area contributed by atoms with E-state index in [1.54, 1.807) is 0 Å². The molecule has 36 heavy (non-hydrogen) atoms. The maximum absolute atomic E-state index is 13.1. The molecule has 0 saturated carbocycles. The van der Waals surface area contributed by atoms with Crippen LogP contribution in [-0.4, -0.2) is 28.6 Å². The fourth-order valence-corrected chi connectivity index (χ4v) is 5.20. The van der Waals surface area contributed by atoms with Crippen LogP contribution in [0.5, 0.6) is 5.75 Å². The number of hydrogen-bond donors (Lipinski definition) is 0. The maximum Gasteiger partial charge on any atom is 0.227 e. The van der Waals surface area contributed by atoms with E-state index in [9.17, 15) is 4.79 Å². The molecule has 0 spiro atoms. The van der Waals surface area contributed by atoms with Crippen molar-refractivity contribution in [3.8, 4) is 5.75 Å². The molecule has 2 heterocycles. The topological polar surface area (TPSA) is 47.4 Å². The van der Waals surface area contributed by atoms with E-state index in [0.29, 0.717) is 19.6 Å². The van der Waals surface area contributed by atoms with Crippen molar-refractivity contribution in [2.45, 2.75) is 59.4 Å². The Morgan fingerprint density at radius 3 is 2.64 bits per heavy atom. The Morgan fingerprint density at radius 2 is 1.78 bits per heavy atom. The first-order chi connectivity index (χ1) is 17.4. The number of imidazole rings is 1. The average molecular weight is 482 g/mol. The van der Waals surface area contributed by atoms with Gasteiger partial charge in [0.25, 0.3) is 0 Å². The number of fused-ring (bicyclic) bond motifs is 1. The van der Waals surface area contributed by atoms with Crippen molar-refractivity contribution in [2.24, 2.45) is 0 Å². The minimum absolute atomic E-state index is 0.0796. The van der Waals surface area contributed by atoms with Crippen LogP contribution in [0.4, 0.5) is 5.69 Å². The molecule has 0 aliphatic carbocycles. The van der Waals surface area contributed by atoms with Crippen molar-refractivity contribution in [3.63, 3.8) is 0 Å². The molecule has 3 aromatic carbocycles. The fourth-order valence-electron chi connectivity index (χ4n) is 5.20. The third kappa shape index (κ3) is 4.75. The second kappa shape index (κ2) is 10.2. The van der Waals surface area contributed by atoms with Gasteiger partial charge in [0.2, 0.25) is 5.91 Å². The maximum atomic E-state index is 13.1. The van der Waals surface area contributed by atoms with Crippen molar-refractivity contribution in [3.05, 3.63) is 88.7 Å². The summed E-state index contributed by atoms with van der Waals surface area (Å²) >= 11 is 0. The summed E-state index contributed by atoms with van der Waals surface area (Å²) < 4.78 is 8.41. The van der Waals surface area contributed by atoms with Crippen molar-refractivity contribution >= 4 is 22.6 Å². The Morgan fingerprint density at radius 1 is 0.944 bits per heavy atom. The third-order valence-electron chi connectivity index (χ3n) is 7.42. The molecule has 186 valence electrons. The summed E-state index contributed by atoms with van der Waals surface area (Å²) in [5, 5.41) is 0. The Kier molecular flexibility index (Phi) is 6.82. The summed E-state index contributed by atoms with van der Waals surface area (Å²) in [4.78, 5) is 20.1. The molecule has 0 N–H and O–H groups in total. The SMILES string of the molecule is Cc1ccc(C)c(N2CC(c3nc4ccccc4n3CCCCOc3cccc(C)c3C)CC2=O)c1. The zero-order valence-electron chi connectivity index (χ0n) is 21.8. The van der Waals surface area contributed by atoms with Gasteiger partial charge in [0, 0.05) is 31.1 Å². The van der Waals surface area contributed by atoms with Gasteiger partial charge in [0.1, 0.15) is 11.6 Å². The van der Waals surface area contributed by atoms with Crippen LogP contribution in [0.2, 0.25) is 0 Å². The molecular weight excluding hydrogens is 446 g/mol. The van der Waals surface area contributed by atoms with Gasteiger partial charge in [-0.3, -0.25) is 4.79 Å². The molecule has 5 rings (SSSR count). The Labute approximate surface area is 213 Å². The monoisotopic (exact) mass is 481 g/mol. The molecule has 0 bridgehead atoms. The number of rotatable bonds is 8. The van der Waals surface area contributed by atoms with E-state index in [0.717, 1.165) is 53.2 Å². The summed E-state index contributed by atoms with van der Waals surface area (Å²) in [5.74, 6) is 2.25. The number of anilines is 1. The van der Waals surface area contributed by atoms with Gasteiger partial charge >= 0.3 is 0 Å². The molecule has 4 aromatic rings. The number of nitrogens with zero attached hydrogens (tertiary/aromatic N) is 3. The lowest BCUT2D eigenvalue weighted by Gasteiger charge is -2.20. The number of ether oxygens (including phenoxy) is 1. The summed E-state index contributed by atoms with van der Waals surface area (Å²) in [6.45, 7) is 10.6. The standard InChI is InChI=1S/C31H35N3O2/c1-21-14-15-23(3)28(18-21)34-20-25(19-30(34)35)31-32-26-11-5-6-12-27(26)33(31)16-7-8-17-36-29-13-9-10-22(2)24(29)4/h5-6,9-15,18,25H,7-8,16-17,19-20H2,1-4H3. The van der Waals surface area contributed by atoms with Gasteiger partial charge in [-0.15, -0.1) is 0 Å². The normalized spacial score (nSPS) is 15.7. The highest BCUT2D eigenvalue weighted by atomic mass is 16.5. The van der Waals surface area contributed by atoms with Gasteiger partial charge in [-0.2, -0.15) is 0 Å². The van der Waals surface area contributed by atoms with Gasteiger partial charge in [-0.25, -0.2) is 4.98 Å². The summed E-state index contributed by atoms with van der Waals surface area (Å²) in [7, 11) is 0. The molecule has 1 fully saturated rings. The van der Waals surface area contributed by atoms with Gasteiger partial charge < -0.3 is 14.2 Å². The van der Waals surface area contributed by atoms with Crippen LogP contribution in [0.25, 0.3) is 11.0 Å². The number of para-hydroxylation sites is 2. The predicted molar refractivity (Wildman–Crippen MR) is 146 cm³/mol. The van der Waals surface area contributed by atoms with Crippen molar-refractivity contribution in [2.75, 3.05) is 18.1 Å². The Hall–Kier alpha value is -3.60. The highest BCUT2D eigenvalue weighted by molar-refractivity contribution is 5.97. The van der Waals surface area contributed by atoms with Crippen molar-refractivity contribution in [1.82, 2.24) is 9.55 Å². The van der Waals surface area contributed by atoms with E-state index in [1.165, 1.54) is 16.7 Å². The molecule has 1 aliphatic rings. The highest BCUT2D eigenvalue weighted by Gasteiger charge is 2.35. The first-order valence-electron chi connectivity index (χ1n) is 12.9. The van der Waals surface area contributed by atoms with E-state index >= 15 is 0 Å². The van der Waals surface area contributed by atoms with Crippen LogP contribution < -0.4 is 9.64 Å². The Balaban J connectivity index is 1.31. The molecule has 1 unspecified atom stereocenters. The molecule has 1 amide bonds. The van der Waals surface area contributed by atoms with Crippen LogP contribution >= 0.6 is 0 Å². The van der Waals surface area contributed by atoms with Crippen molar-refractivity contribution in [1.29, 1.82) is 0 Å². The summed E-state index contributed by atoms with van der Waals surface area (Å²) in [6, 6.07) is 20.8. The number of aryl methyl sites for hydroxylation is 4. The largest absolute Gasteiger partial charge is 0.493 e. The van der Waals surface area contributed by atoms with Gasteiger partial charge in [-0.1, -0.05) is 36.4 Å². The summed E-state index contributed by atoms with van der Waals surface area (Å²) in [5.41, 5.74) is 7.92. The number of amides is 1. The molecule has 1 aliphatic heterocycles. The second-order valence-electron chi connectivity index (χ2n) is 10.1. The zero-order valence-corrected chi connectivity index (χ0v) is 21.8.